The number of carbonyl (C=O) groups is 2. The lowest BCUT2D eigenvalue weighted by molar-refractivity contribution is -0.318. The molecular weight excluding hydrogens is 320 g/mol. The Morgan fingerprint density at radius 1 is 0.920 bits per heavy atom. The molecule has 2 rings (SSSR count). The fourth-order valence-corrected chi connectivity index (χ4v) is 1.88. The van der Waals surface area contributed by atoms with Crippen molar-refractivity contribution in [1.82, 2.24) is 0 Å². The maximum absolute atomic E-state index is 12.3. The zero-order valence-electron chi connectivity index (χ0n) is 14.7. The fourth-order valence-electron chi connectivity index (χ4n) is 1.88. The van der Waals surface area contributed by atoms with Gasteiger partial charge in [-0.1, -0.05) is 61.5 Å². The van der Waals surface area contributed by atoms with Gasteiger partial charge in [-0.3, -0.25) is 9.68 Å². The molecule has 0 aliphatic carbocycles. The Hall–Kier alpha value is -2.66. The normalized spacial score (nSPS) is 11.0. The lowest BCUT2D eigenvalue weighted by Crippen LogP contribution is -2.25. The van der Waals surface area contributed by atoms with Crippen LogP contribution in [-0.4, -0.2) is 17.5 Å². The smallest absolute Gasteiger partial charge is 0.427 e. The molecule has 0 N–H and O–H groups in total. The van der Waals surface area contributed by atoms with Crippen molar-refractivity contribution in [2.24, 2.45) is 0 Å². The Morgan fingerprint density at radius 2 is 1.52 bits per heavy atom. The van der Waals surface area contributed by atoms with Gasteiger partial charge >= 0.3 is 6.16 Å². The van der Waals surface area contributed by atoms with Gasteiger partial charge in [-0.25, -0.2) is 4.79 Å². The van der Waals surface area contributed by atoms with Crippen molar-refractivity contribution in [3.8, 4) is 0 Å². The number of ketones is 1. The Balaban J connectivity index is 1.86. The highest BCUT2D eigenvalue weighted by molar-refractivity contribution is 6.08. The van der Waals surface area contributed by atoms with Crippen LogP contribution in [0, 0.1) is 0 Å². The van der Waals surface area contributed by atoms with Gasteiger partial charge < -0.3 is 4.74 Å². The monoisotopic (exact) mass is 342 g/mol. The van der Waals surface area contributed by atoms with E-state index in [4.69, 9.17) is 9.62 Å². The molecule has 132 valence electrons. The summed E-state index contributed by atoms with van der Waals surface area (Å²) >= 11 is 0. The molecule has 2 aromatic carbocycles. The summed E-state index contributed by atoms with van der Waals surface area (Å²) in [4.78, 5) is 33.5. The van der Waals surface area contributed by atoms with Gasteiger partial charge in [0.2, 0.25) is 0 Å². The van der Waals surface area contributed by atoms with E-state index < -0.39 is 11.8 Å². The first kappa shape index (κ1) is 18.7. The minimum Gasteiger partial charge on any atom is -0.427 e. The first-order valence-electron chi connectivity index (χ1n) is 8.12. The Morgan fingerprint density at radius 3 is 2.12 bits per heavy atom. The first-order valence-corrected chi connectivity index (χ1v) is 8.12. The number of benzene rings is 2. The van der Waals surface area contributed by atoms with Crippen LogP contribution in [0.4, 0.5) is 4.79 Å². The van der Waals surface area contributed by atoms with Gasteiger partial charge in [-0.05, 0) is 25.8 Å². The van der Waals surface area contributed by atoms with Crippen molar-refractivity contribution in [3.63, 3.8) is 0 Å². The summed E-state index contributed by atoms with van der Waals surface area (Å²) in [6.45, 7) is 5.58. The maximum Gasteiger partial charge on any atom is 0.540 e. The van der Waals surface area contributed by atoms with Gasteiger partial charge in [0.05, 0.1) is 0 Å². The lowest BCUT2D eigenvalue weighted by Gasteiger charge is -2.19. The highest BCUT2D eigenvalue weighted by atomic mass is 17.2. The molecule has 0 aliphatic rings. The molecule has 0 aromatic heterocycles. The van der Waals surface area contributed by atoms with Crippen LogP contribution in [-0.2, 0) is 21.1 Å². The van der Waals surface area contributed by atoms with E-state index in [1.165, 1.54) is 0 Å². The average molecular weight is 342 g/mol. The molecule has 5 heteroatoms. The molecule has 0 unspecified atom stereocenters. The van der Waals surface area contributed by atoms with Gasteiger partial charge in [0.25, 0.3) is 0 Å². The molecule has 0 radical (unpaired) electrons. The molecule has 0 amide bonds. The predicted molar refractivity (Wildman–Crippen MR) is 93.0 cm³/mol. The third-order valence-electron chi connectivity index (χ3n) is 3.80. The predicted octanol–water partition coefficient (Wildman–Crippen LogP) is 4.69. The molecule has 0 bridgehead atoms. The molecule has 5 nitrogen and oxygen atoms in total. The topological polar surface area (TPSA) is 61.8 Å². The standard InChI is InChI=1S/C20H22O5/c1-4-20(2,3)25-24-19(22)23-14-15-10-12-17(13-11-15)18(21)16-8-6-5-7-9-16/h5-13H,4,14H2,1-3H3. The number of hydrogen-bond donors (Lipinski definition) is 0. The summed E-state index contributed by atoms with van der Waals surface area (Å²) in [5.41, 5.74) is 1.39. The van der Waals surface area contributed by atoms with E-state index in [9.17, 15) is 9.59 Å². The van der Waals surface area contributed by atoms with Gasteiger partial charge in [-0.15, -0.1) is 0 Å². The molecule has 25 heavy (non-hydrogen) atoms. The van der Waals surface area contributed by atoms with E-state index in [2.05, 4.69) is 4.89 Å². The van der Waals surface area contributed by atoms with Crippen molar-refractivity contribution >= 4 is 11.9 Å². The summed E-state index contributed by atoms with van der Waals surface area (Å²) in [6, 6.07) is 15.9. The molecule has 0 fully saturated rings. The maximum atomic E-state index is 12.3. The summed E-state index contributed by atoms with van der Waals surface area (Å²) in [6.07, 6.45) is -0.206. The number of hydrogen-bond acceptors (Lipinski definition) is 5. The summed E-state index contributed by atoms with van der Waals surface area (Å²) in [5.74, 6) is -0.0531. The minimum atomic E-state index is -0.897. The Bertz CT molecular complexity index is 705. The van der Waals surface area contributed by atoms with Crippen LogP contribution in [0.3, 0.4) is 0 Å². The second-order valence-corrected chi connectivity index (χ2v) is 6.21. The molecule has 0 spiro atoms. The zero-order chi connectivity index (χ0) is 18.3. The quantitative estimate of drug-likeness (QED) is 0.316. The van der Waals surface area contributed by atoms with Crippen molar-refractivity contribution in [3.05, 3.63) is 71.3 Å². The minimum absolute atomic E-state index is 0.0363. The third kappa shape index (κ3) is 5.72. The Kier molecular flexibility index (Phi) is 6.31. The summed E-state index contributed by atoms with van der Waals surface area (Å²) < 4.78 is 4.98. The van der Waals surface area contributed by atoms with Crippen molar-refractivity contribution in [2.75, 3.05) is 0 Å². The number of ether oxygens (including phenoxy) is 1. The summed E-state index contributed by atoms with van der Waals surface area (Å²) in [7, 11) is 0. The zero-order valence-corrected chi connectivity index (χ0v) is 14.7. The van der Waals surface area contributed by atoms with Gasteiger partial charge in [0, 0.05) is 11.1 Å². The van der Waals surface area contributed by atoms with Crippen LogP contribution in [0.2, 0.25) is 0 Å². The van der Waals surface area contributed by atoms with Gasteiger partial charge in [0.15, 0.2) is 5.78 Å². The van der Waals surface area contributed by atoms with E-state index in [-0.39, 0.29) is 12.4 Å². The van der Waals surface area contributed by atoms with E-state index in [1.54, 1.807) is 36.4 Å². The second-order valence-electron chi connectivity index (χ2n) is 6.21. The average Bonchev–Trinajstić information content (AvgIpc) is 2.65. The molecule has 0 saturated carbocycles. The van der Waals surface area contributed by atoms with Crippen LogP contribution < -0.4 is 0 Å². The summed E-state index contributed by atoms with van der Waals surface area (Å²) in [5, 5.41) is 0. The van der Waals surface area contributed by atoms with Gasteiger partial charge in [0.1, 0.15) is 12.2 Å². The first-order chi connectivity index (χ1) is 11.9. The molecule has 0 saturated heterocycles. The molecule has 0 atom stereocenters. The molecule has 0 heterocycles. The second kappa shape index (κ2) is 8.44. The van der Waals surface area contributed by atoms with E-state index in [0.29, 0.717) is 17.5 Å². The van der Waals surface area contributed by atoms with Crippen LogP contribution in [0.25, 0.3) is 0 Å². The van der Waals surface area contributed by atoms with Crippen LogP contribution >= 0.6 is 0 Å². The van der Waals surface area contributed by atoms with Crippen LogP contribution in [0.15, 0.2) is 54.6 Å². The highest BCUT2D eigenvalue weighted by Gasteiger charge is 2.20. The van der Waals surface area contributed by atoms with E-state index in [1.807, 2.05) is 39.0 Å². The van der Waals surface area contributed by atoms with Crippen molar-refractivity contribution in [2.45, 2.75) is 39.4 Å². The van der Waals surface area contributed by atoms with E-state index in [0.717, 1.165) is 5.56 Å². The lowest BCUT2D eigenvalue weighted by atomic mass is 10.0. The number of carbonyl (C=O) groups excluding carboxylic acids is 2. The molecule has 2 aromatic rings. The van der Waals surface area contributed by atoms with Crippen molar-refractivity contribution < 1.29 is 24.1 Å². The SMILES string of the molecule is CCC(C)(C)OOC(=O)OCc1ccc(C(=O)c2ccccc2)cc1. The largest absolute Gasteiger partial charge is 0.540 e. The molecule has 0 aliphatic heterocycles. The van der Waals surface area contributed by atoms with Crippen molar-refractivity contribution in [1.29, 1.82) is 0 Å². The van der Waals surface area contributed by atoms with Crippen LogP contribution in [0.5, 0.6) is 0 Å². The Labute approximate surface area is 147 Å². The molecular formula is C20H22O5. The fraction of sp³-hybridized carbons (Fsp3) is 0.300. The number of rotatable bonds is 7. The van der Waals surface area contributed by atoms with E-state index >= 15 is 0 Å². The highest BCUT2D eigenvalue weighted by Crippen LogP contribution is 2.15. The third-order valence-corrected chi connectivity index (χ3v) is 3.80. The van der Waals surface area contributed by atoms with Gasteiger partial charge in [-0.2, -0.15) is 4.89 Å². The van der Waals surface area contributed by atoms with Crippen LogP contribution in [0.1, 0.15) is 48.7 Å².